The van der Waals surface area contributed by atoms with Gasteiger partial charge in [-0.2, -0.15) is 0 Å². The molecule has 0 atom stereocenters. The average Bonchev–Trinajstić information content (AvgIpc) is 2.93. The van der Waals surface area contributed by atoms with Crippen LogP contribution in [-0.4, -0.2) is 87.0 Å². The van der Waals surface area contributed by atoms with E-state index in [-0.39, 0.29) is 19.1 Å². The van der Waals surface area contributed by atoms with Gasteiger partial charge in [-0.3, -0.25) is 19.2 Å². The zero-order valence-electron chi connectivity index (χ0n) is 22.5. The summed E-state index contributed by atoms with van der Waals surface area (Å²) < 4.78 is 15.7. The minimum Gasteiger partial charge on any atom is -0.497 e. The Hall–Kier alpha value is -3.72. The molecular formula is C29H36N2O7. The Bertz CT molecular complexity index is 1100. The fourth-order valence-electron chi connectivity index (χ4n) is 4.41. The van der Waals surface area contributed by atoms with Gasteiger partial charge in [0.1, 0.15) is 5.75 Å². The Morgan fingerprint density at radius 2 is 1.26 bits per heavy atom. The second-order valence-electron chi connectivity index (χ2n) is 9.29. The predicted octanol–water partition coefficient (Wildman–Crippen LogP) is 3.21. The first-order valence-electron chi connectivity index (χ1n) is 12.8. The van der Waals surface area contributed by atoms with E-state index in [0.29, 0.717) is 31.7 Å². The van der Waals surface area contributed by atoms with Gasteiger partial charge in [0.25, 0.3) is 0 Å². The van der Waals surface area contributed by atoms with Crippen molar-refractivity contribution in [2.24, 2.45) is 5.41 Å². The van der Waals surface area contributed by atoms with Gasteiger partial charge in [0.15, 0.2) is 11.2 Å². The van der Waals surface area contributed by atoms with Crippen molar-refractivity contribution >= 4 is 23.6 Å². The summed E-state index contributed by atoms with van der Waals surface area (Å²) in [6, 6.07) is 14.4. The molecule has 2 aromatic carbocycles. The Kier molecular flexibility index (Phi) is 10.0. The summed E-state index contributed by atoms with van der Waals surface area (Å²) in [6.07, 6.45) is -1.03. The first kappa shape index (κ1) is 28.8. The van der Waals surface area contributed by atoms with Crippen LogP contribution < -0.4 is 4.74 Å². The number of ketones is 1. The van der Waals surface area contributed by atoms with Crippen LogP contribution in [0.15, 0.2) is 48.5 Å². The van der Waals surface area contributed by atoms with Gasteiger partial charge in [0, 0.05) is 38.2 Å². The highest BCUT2D eigenvalue weighted by Gasteiger charge is 2.52. The fraction of sp³-hybridized carbons (Fsp3) is 0.448. The minimum absolute atomic E-state index is 0.00651. The molecule has 0 spiro atoms. The lowest BCUT2D eigenvalue weighted by atomic mass is 9.77. The summed E-state index contributed by atoms with van der Waals surface area (Å²) in [6.45, 7) is 5.50. The molecule has 1 aliphatic heterocycles. The molecule has 9 nitrogen and oxygen atoms in total. The van der Waals surface area contributed by atoms with Crippen molar-refractivity contribution < 1.29 is 33.4 Å². The number of benzene rings is 2. The number of likely N-dealkylation sites (N-methyl/N-ethyl adjacent to an activating group) is 1. The molecule has 0 saturated carbocycles. The van der Waals surface area contributed by atoms with Crippen molar-refractivity contribution in [3.63, 3.8) is 0 Å². The molecule has 1 aliphatic rings. The summed E-state index contributed by atoms with van der Waals surface area (Å²) in [5.41, 5.74) is 0.0665. The molecule has 38 heavy (non-hydrogen) atoms. The maximum Gasteiger partial charge on any atom is 0.324 e. The van der Waals surface area contributed by atoms with E-state index in [1.165, 1.54) is 0 Å². The van der Waals surface area contributed by atoms with Crippen LogP contribution in [0.25, 0.3) is 11.1 Å². The summed E-state index contributed by atoms with van der Waals surface area (Å²) in [5, 5.41) is 0. The number of piperazine rings is 1. The normalized spacial score (nSPS) is 14.1. The number of hydrogen-bond donors (Lipinski definition) is 0. The third kappa shape index (κ3) is 6.77. The Morgan fingerprint density at radius 3 is 1.74 bits per heavy atom. The van der Waals surface area contributed by atoms with Gasteiger partial charge in [0.2, 0.25) is 5.91 Å². The molecule has 0 radical (unpaired) electrons. The van der Waals surface area contributed by atoms with E-state index in [1.54, 1.807) is 50.1 Å². The summed E-state index contributed by atoms with van der Waals surface area (Å²) in [4.78, 5) is 56.9. The molecule has 0 aliphatic carbocycles. The Labute approximate surface area is 223 Å². The van der Waals surface area contributed by atoms with Gasteiger partial charge < -0.3 is 24.0 Å². The highest BCUT2D eigenvalue weighted by Crippen LogP contribution is 2.34. The molecule has 1 fully saturated rings. The van der Waals surface area contributed by atoms with Gasteiger partial charge >= 0.3 is 11.9 Å². The molecule has 9 heteroatoms. The average molecular weight is 525 g/mol. The Morgan fingerprint density at radius 1 is 0.763 bits per heavy atom. The third-order valence-electron chi connectivity index (χ3n) is 6.73. The molecule has 1 heterocycles. The zero-order chi connectivity index (χ0) is 27.7. The van der Waals surface area contributed by atoms with Gasteiger partial charge in [-0.05, 0) is 44.2 Å². The van der Waals surface area contributed by atoms with E-state index in [0.717, 1.165) is 16.9 Å². The van der Waals surface area contributed by atoms with E-state index in [4.69, 9.17) is 14.2 Å². The number of ether oxygens (including phenoxy) is 3. The van der Waals surface area contributed by atoms with Crippen LogP contribution in [0.3, 0.4) is 0 Å². The van der Waals surface area contributed by atoms with Crippen LogP contribution in [-0.2, 0) is 23.9 Å². The maximum absolute atomic E-state index is 13.4. The molecule has 0 N–H and O–H groups in total. The van der Waals surface area contributed by atoms with Crippen LogP contribution >= 0.6 is 0 Å². The van der Waals surface area contributed by atoms with Crippen LogP contribution in [0.5, 0.6) is 5.75 Å². The van der Waals surface area contributed by atoms with E-state index >= 15 is 0 Å². The molecule has 3 rings (SSSR count). The quantitative estimate of drug-likeness (QED) is 0.251. The number of amides is 1. The lowest BCUT2D eigenvalue weighted by Gasteiger charge is -2.35. The number of Topliss-reactive ketones (excluding diaryl/α,β-unsaturated/α-hetero) is 1. The van der Waals surface area contributed by atoms with Crippen LogP contribution in [0.1, 0.15) is 37.0 Å². The van der Waals surface area contributed by atoms with Crippen LogP contribution in [0.4, 0.5) is 0 Å². The second-order valence-corrected chi connectivity index (χ2v) is 9.29. The molecule has 204 valence electrons. The van der Waals surface area contributed by atoms with E-state index in [9.17, 15) is 19.2 Å². The number of carbonyl (C=O) groups excluding carboxylic acids is 4. The van der Waals surface area contributed by atoms with Gasteiger partial charge in [0.05, 0.1) is 26.7 Å². The first-order chi connectivity index (χ1) is 18.2. The molecular weight excluding hydrogens is 488 g/mol. The zero-order valence-corrected chi connectivity index (χ0v) is 22.5. The largest absolute Gasteiger partial charge is 0.497 e. The molecule has 1 saturated heterocycles. The van der Waals surface area contributed by atoms with Crippen molar-refractivity contribution in [1.82, 2.24) is 9.80 Å². The van der Waals surface area contributed by atoms with Crippen molar-refractivity contribution in [2.45, 2.75) is 26.7 Å². The Balaban J connectivity index is 1.88. The standard InChI is InChI=1S/C29H36N2O7/c1-5-37-27(34)29(28(35)38-6-2,20-26(33)31-17-15-30(3)16-18-31)19-25(32)23-9-7-21(8-10-23)22-11-13-24(36-4)14-12-22/h7-14H,5-6,15-20H2,1-4H3. The minimum atomic E-state index is -2.07. The number of rotatable bonds is 11. The molecule has 0 unspecified atom stereocenters. The van der Waals surface area contributed by atoms with E-state index in [1.807, 2.05) is 31.3 Å². The monoisotopic (exact) mass is 524 g/mol. The fourth-order valence-corrected chi connectivity index (χ4v) is 4.41. The molecule has 2 aromatic rings. The number of methoxy groups -OCH3 is 1. The molecule has 0 aromatic heterocycles. The first-order valence-corrected chi connectivity index (χ1v) is 12.8. The molecule has 1 amide bonds. The van der Waals surface area contributed by atoms with E-state index in [2.05, 4.69) is 4.90 Å². The molecule has 0 bridgehead atoms. The number of nitrogens with zero attached hydrogens (tertiary/aromatic N) is 2. The third-order valence-corrected chi connectivity index (χ3v) is 6.73. The summed E-state index contributed by atoms with van der Waals surface area (Å²) in [5.74, 6) is -1.96. The van der Waals surface area contributed by atoms with Crippen LogP contribution in [0, 0.1) is 5.41 Å². The highest BCUT2D eigenvalue weighted by atomic mass is 16.6. The van der Waals surface area contributed by atoms with Gasteiger partial charge in [-0.15, -0.1) is 0 Å². The summed E-state index contributed by atoms with van der Waals surface area (Å²) in [7, 11) is 3.56. The predicted molar refractivity (Wildman–Crippen MR) is 142 cm³/mol. The number of esters is 2. The summed E-state index contributed by atoms with van der Waals surface area (Å²) >= 11 is 0. The topological polar surface area (TPSA) is 102 Å². The number of carbonyl (C=O) groups is 4. The van der Waals surface area contributed by atoms with Crippen molar-refractivity contribution in [3.05, 3.63) is 54.1 Å². The van der Waals surface area contributed by atoms with E-state index < -0.39 is 36.0 Å². The van der Waals surface area contributed by atoms with Gasteiger partial charge in [-0.25, -0.2) is 0 Å². The SMILES string of the molecule is CCOC(=O)C(CC(=O)c1ccc(-c2ccc(OC)cc2)cc1)(CC(=O)N1CCN(C)CC1)C(=O)OCC. The lowest BCUT2D eigenvalue weighted by molar-refractivity contribution is -0.175. The van der Waals surface area contributed by atoms with Crippen LogP contribution in [0.2, 0.25) is 0 Å². The van der Waals surface area contributed by atoms with Gasteiger partial charge in [-0.1, -0.05) is 36.4 Å². The maximum atomic E-state index is 13.4. The van der Waals surface area contributed by atoms with Crippen molar-refractivity contribution in [2.75, 3.05) is 53.6 Å². The lowest BCUT2D eigenvalue weighted by Crippen LogP contribution is -2.51. The van der Waals surface area contributed by atoms with Crippen molar-refractivity contribution in [1.29, 1.82) is 0 Å². The highest BCUT2D eigenvalue weighted by molar-refractivity contribution is 6.09. The second kappa shape index (κ2) is 13.2. The number of hydrogen-bond acceptors (Lipinski definition) is 8. The smallest absolute Gasteiger partial charge is 0.324 e. The van der Waals surface area contributed by atoms with Crippen molar-refractivity contribution in [3.8, 4) is 16.9 Å².